The zero-order chi connectivity index (χ0) is 12.4. The van der Waals surface area contributed by atoms with Crippen molar-refractivity contribution in [3.05, 3.63) is 27.1 Å². The molecular formula is C8H6N4O3S2. The van der Waals surface area contributed by atoms with Crippen LogP contribution >= 0.6 is 23.6 Å². The van der Waals surface area contributed by atoms with Crippen LogP contribution in [0, 0.1) is 10.1 Å². The number of thiocarbonyl (C=S) groups is 1. The average Bonchev–Trinajstić information content (AvgIpc) is 2.82. The zero-order valence-corrected chi connectivity index (χ0v) is 9.96. The Labute approximate surface area is 105 Å². The van der Waals surface area contributed by atoms with Crippen LogP contribution in [-0.2, 0) is 4.79 Å². The highest BCUT2D eigenvalue weighted by molar-refractivity contribution is 7.80. The lowest BCUT2D eigenvalue weighted by atomic mass is 10.5. The van der Waals surface area contributed by atoms with Crippen LogP contribution in [0.5, 0.6) is 0 Å². The normalized spacial score (nSPS) is 15.6. The summed E-state index contributed by atoms with van der Waals surface area (Å²) >= 11 is 5.86. The summed E-state index contributed by atoms with van der Waals surface area (Å²) in [7, 11) is 0. The van der Waals surface area contributed by atoms with Gasteiger partial charge in [0.1, 0.15) is 6.54 Å². The molecular weight excluding hydrogens is 264 g/mol. The van der Waals surface area contributed by atoms with Crippen molar-refractivity contribution in [2.45, 2.75) is 0 Å². The van der Waals surface area contributed by atoms with Gasteiger partial charge in [0.2, 0.25) is 5.91 Å². The second-order valence-electron chi connectivity index (χ2n) is 3.09. The Bertz CT molecular complexity index is 525. The molecule has 0 saturated carbocycles. The molecule has 1 fully saturated rings. The molecule has 1 amide bonds. The molecule has 2 rings (SSSR count). The standard InChI is InChI=1S/C8H6N4O3S2/c13-6-4-11(8(16)10-6)9-3-5-1-2-7(17-5)12(14)15/h1-3H,4H2,(H,10,13,16). The third-order valence-electron chi connectivity index (χ3n) is 1.89. The SMILES string of the molecule is O=C1CN(N=Cc2ccc([N+](=O)[O-])s2)C(=S)N1. The molecule has 7 nitrogen and oxygen atoms in total. The van der Waals surface area contributed by atoms with Crippen LogP contribution in [-0.4, -0.2) is 33.7 Å². The summed E-state index contributed by atoms with van der Waals surface area (Å²) in [5.41, 5.74) is 0. The van der Waals surface area contributed by atoms with Crippen LogP contribution < -0.4 is 5.32 Å². The number of amides is 1. The lowest BCUT2D eigenvalue weighted by Crippen LogP contribution is -2.23. The number of hydrogen-bond acceptors (Lipinski definition) is 6. The van der Waals surface area contributed by atoms with Gasteiger partial charge >= 0.3 is 5.00 Å². The minimum absolute atomic E-state index is 0.0460. The number of carbonyl (C=O) groups excluding carboxylic acids is 1. The highest BCUT2D eigenvalue weighted by Gasteiger charge is 2.22. The van der Waals surface area contributed by atoms with E-state index in [-0.39, 0.29) is 22.6 Å². The predicted octanol–water partition coefficient (Wildman–Crippen LogP) is 0.707. The Hall–Kier alpha value is -1.87. The van der Waals surface area contributed by atoms with Crippen molar-refractivity contribution in [2.24, 2.45) is 5.10 Å². The highest BCUT2D eigenvalue weighted by atomic mass is 32.1. The molecule has 0 aliphatic carbocycles. The first-order chi connectivity index (χ1) is 8.06. The average molecular weight is 270 g/mol. The minimum atomic E-state index is -0.465. The summed E-state index contributed by atoms with van der Waals surface area (Å²) in [5.74, 6) is -0.218. The number of thiophene rings is 1. The first-order valence-electron chi connectivity index (χ1n) is 4.46. The van der Waals surface area contributed by atoms with E-state index in [1.165, 1.54) is 17.3 Å². The van der Waals surface area contributed by atoms with Gasteiger partial charge in [-0.15, -0.1) is 0 Å². The number of nitrogens with zero attached hydrogens (tertiary/aromatic N) is 3. The van der Waals surface area contributed by atoms with Crippen LogP contribution in [0.3, 0.4) is 0 Å². The molecule has 0 aromatic carbocycles. The largest absolute Gasteiger partial charge is 0.324 e. The van der Waals surface area contributed by atoms with E-state index >= 15 is 0 Å². The molecule has 0 unspecified atom stereocenters. The van der Waals surface area contributed by atoms with E-state index in [0.717, 1.165) is 11.3 Å². The molecule has 1 N–H and O–H groups in total. The second kappa shape index (κ2) is 4.55. The number of hydrazone groups is 1. The van der Waals surface area contributed by atoms with Gasteiger partial charge in [-0.1, -0.05) is 11.3 Å². The molecule has 0 radical (unpaired) electrons. The maximum Gasteiger partial charge on any atom is 0.324 e. The molecule has 88 valence electrons. The first kappa shape index (κ1) is 11.6. The van der Waals surface area contributed by atoms with E-state index in [1.807, 2.05) is 0 Å². The number of carbonyl (C=O) groups is 1. The van der Waals surface area contributed by atoms with E-state index < -0.39 is 4.92 Å². The van der Waals surface area contributed by atoms with Crippen molar-refractivity contribution in [1.82, 2.24) is 10.3 Å². The van der Waals surface area contributed by atoms with Crippen molar-refractivity contribution in [2.75, 3.05) is 6.54 Å². The van der Waals surface area contributed by atoms with E-state index in [0.29, 0.717) is 4.88 Å². The minimum Gasteiger partial charge on any atom is -0.300 e. The number of hydrogen-bond donors (Lipinski definition) is 1. The van der Waals surface area contributed by atoms with E-state index in [2.05, 4.69) is 10.4 Å². The fraction of sp³-hybridized carbons (Fsp3) is 0.125. The molecule has 0 bridgehead atoms. The number of rotatable bonds is 3. The Morgan fingerprint density at radius 1 is 1.65 bits per heavy atom. The first-order valence-corrected chi connectivity index (χ1v) is 5.68. The summed E-state index contributed by atoms with van der Waals surface area (Å²) < 4.78 is 0. The lowest BCUT2D eigenvalue weighted by molar-refractivity contribution is -0.380. The molecule has 1 aromatic heterocycles. The smallest absolute Gasteiger partial charge is 0.300 e. The van der Waals surface area contributed by atoms with Crippen LogP contribution in [0.2, 0.25) is 0 Å². The molecule has 1 aliphatic heterocycles. The Morgan fingerprint density at radius 2 is 2.41 bits per heavy atom. The maximum absolute atomic E-state index is 11.0. The lowest BCUT2D eigenvalue weighted by Gasteiger charge is -2.05. The van der Waals surface area contributed by atoms with Crippen molar-refractivity contribution in [3.8, 4) is 0 Å². The van der Waals surface area contributed by atoms with Gasteiger partial charge in [0.15, 0.2) is 5.11 Å². The van der Waals surface area contributed by atoms with Gasteiger partial charge in [-0.3, -0.25) is 20.2 Å². The molecule has 17 heavy (non-hydrogen) atoms. The van der Waals surface area contributed by atoms with Crippen molar-refractivity contribution < 1.29 is 9.72 Å². The summed E-state index contributed by atoms with van der Waals surface area (Å²) in [6, 6.07) is 2.98. The van der Waals surface area contributed by atoms with Crippen LogP contribution in [0.25, 0.3) is 0 Å². The van der Waals surface area contributed by atoms with E-state index in [4.69, 9.17) is 12.2 Å². The van der Waals surface area contributed by atoms with Crippen LogP contribution in [0.4, 0.5) is 5.00 Å². The maximum atomic E-state index is 11.0. The zero-order valence-electron chi connectivity index (χ0n) is 8.32. The monoisotopic (exact) mass is 270 g/mol. The fourth-order valence-electron chi connectivity index (χ4n) is 1.16. The molecule has 9 heteroatoms. The second-order valence-corrected chi connectivity index (χ2v) is 4.57. The van der Waals surface area contributed by atoms with Gasteiger partial charge in [-0.25, -0.2) is 5.01 Å². The fourth-order valence-corrected chi connectivity index (χ4v) is 2.07. The molecule has 0 atom stereocenters. The summed E-state index contributed by atoms with van der Waals surface area (Å²) in [6.07, 6.45) is 1.43. The molecule has 1 aromatic rings. The summed E-state index contributed by atoms with van der Waals surface area (Å²) in [6.45, 7) is 0.0722. The molecule has 2 heterocycles. The Kier molecular flexibility index (Phi) is 3.11. The van der Waals surface area contributed by atoms with Gasteiger partial charge in [0, 0.05) is 6.07 Å². The van der Waals surface area contributed by atoms with Gasteiger partial charge in [0.05, 0.1) is 16.0 Å². The third kappa shape index (κ3) is 2.63. The Morgan fingerprint density at radius 3 is 2.94 bits per heavy atom. The van der Waals surface area contributed by atoms with E-state index in [9.17, 15) is 14.9 Å². The van der Waals surface area contributed by atoms with Gasteiger partial charge in [-0.2, -0.15) is 5.10 Å². The quantitative estimate of drug-likeness (QED) is 0.378. The van der Waals surface area contributed by atoms with Crippen molar-refractivity contribution in [1.29, 1.82) is 0 Å². The van der Waals surface area contributed by atoms with Crippen molar-refractivity contribution >= 4 is 45.8 Å². The van der Waals surface area contributed by atoms with Crippen LogP contribution in [0.15, 0.2) is 17.2 Å². The number of nitrogens with one attached hydrogen (secondary N) is 1. The van der Waals surface area contributed by atoms with Crippen LogP contribution in [0.1, 0.15) is 4.88 Å². The predicted molar refractivity (Wildman–Crippen MR) is 66.0 cm³/mol. The van der Waals surface area contributed by atoms with E-state index in [1.54, 1.807) is 6.07 Å². The molecule has 0 spiro atoms. The third-order valence-corrected chi connectivity index (χ3v) is 3.18. The molecule has 1 aliphatic rings. The van der Waals surface area contributed by atoms with Gasteiger partial charge in [0.25, 0.3) is 0 Å². The topological polar surface area (TPSA) is 87.8 Å². The number of nitro groups is 1. The van der Waals surface area contributed by atoms with Gasteiger partial charge in [-0.05, 0) is 18.3 Å². The van der Waals surface area contributed by atoms with Crippen molar-refractivity contribution in [3.63, 3.8) is 0 Å². The Balaban J connectivity index is 2.07. The molecule has 1 saturated heterocycles. The summed E-state index contributed by atoms with van der Waals surface area (Å²) in [5, 5.41) is 18.5. The van der Waals surface area contributed by atoms with Gasteiger partial charge < -0.3 is 0 Å². The summed E-state index contributed by atoms with van der Waals surface area (Å²) in [4.78, 5) is 21.6. The highest BCUT2D eigenvalue weighted by Crippen LogP contribution is 2.22.